The molecule has 1 aliphatic heterocycles. The van der Waals surface area contributed by atoms with Gasteiger partial charge in [-0.3, -0.25) is 0 Å². The highest BCUT2D eigenvalue weighted by atomic mass is 31.1. The lowest BCUT2D eigenvalue weighted by Crippen LogP contribution is -1.66. The third-order valence-corrected chi connectivity index (χ3v) is 2.23. The molecule has 0 bridgehead atoms. The molecule has 58 valence electrons. The van der Waals surface area contributed by atoms with Crippen LogP contribution in [0.5, 0.6) is 0 Å². The van der Waals surface area contributed by atoms with Gasteiger partial charge in [-0.15, -0.1) is 8.58 Å². The topological polar surface area (TPSA) is 0 Å². The van der Waals surface area contributed by atoms with E-state index in [1.807, 2.05) is 13.8 Å². The summed E-state index contributed by atoms with van der Waals surface area (Å²) in [6.45, 7) is 6.16. The summed E-state index contributed by atoms with van der Waals surface area (Å²) in [7, 11) is 1.12. The minimum atomic E-state index is 1.12. The van der Waals surface area contributed by atoms with Crippen molar-refractivity contribution in [3.63, 3.8) is 0 Å². The van der Waals surface area contributed by atoms with Gasteiger partial charge >= 0.3 is 0 Å². The normalized spacial score (nSPS) is 18.9. The highest BCUT2D eigenvalue weighted by Gasteiger charge is 1.87. The Morgan fingerprint density at radius 2 is 2.00 bits per heavy atom. The van der Waals surface area contributed by atoms with Gasteiger partial charge in [0.25, 0.3) is 0 Å². The summed E-state index contributed by atoms with van der Waals surface area (Å²) in [5, 5.41) is 0. The summed E-state index contributed by atoms with van der Waals surface area (Å²) in [6, 6.07) is 0. The van der Waals surface area contributed by atoms with Crippen LogP contribution in [0.15, 0.2) is 23.8 Å². The Morgan fingerprint density at radius 1 is 1.30 bits per heavy atom. The van der Waals surface area contributed by atoms with Gasteiger partial charge < -0.3 is 0 Å². The Bertz CT molecular complexity index is 123. The number of hydrogen-bond donors (Lipinski definition) is 0. The second-order valence-electron chi connectivity index (χ2n) is 2.01. The summed E-state index contributed by atoms with van der Waals surface area (Å²) >= 11 is 0. The molecule has 0 radical (unpaired) electrons. The Morgan fingerprint density at radius 3 is 2.70 bits per heavy atom. The van der Waals surface area contributed by atoms with Gasteiger partial charge in [0, 0.05) is 0 Å². The van der Waals surface area contributed by atoms with Crippen LogP contribution in [-0.4, -0.2) is 12.3 Å². The SMILES string of the molecule is CC.CC1=CCPCC=C1. The molecule has 0 saturated carbocycles. The fraction of sp³-hybridized carbons (Fsp3) is 0.556. The van der Waals surface area contributed by atoms with Gasteiger partial charge in [0.15, 0.2) is 0 Å². The van der Waals surface area contributed by atoms with E-state index in [1.54, 1.807) is 0 Å². The second kappa shape index (κ2) is 7.02. The molecule has 0 amide bonds. The first-order chi connectivity index (χ1) is 4.89. The summed E-state index contributed by atoms with van der Waals surface area (Å²) < 4.78 is 0. The molecule has 0 aromatic rings. The van der Waals surface area contributed by atoms with Gasteiger partial charge in [0.05, 0.1) is 0 Å². The summed E-state index contributed by atoms with van der Waals surface area (Å²) in [4.78, 5) is 0. The summed E-state index contributed by atoms with van der Waals surface area (Å²) in [5.41, 5.74) is 1.43. The maximum absolute atomic E-state index is 2.31. The number of hydrogen-bond acceptors (Lipinski definition) is 0. The van der Waals surface area contributed by atoms with Crippen molar-refractivity contribution in [2.75, 3.05) is 12.3 Å². The quantitative estimate of drug-likeness (QED) is 0.472. The standard InChI is InChI=1S/C7H11P.C2H6/c1-7-3-2-5-8-6-4-7;1-2/h2-4,8H,5-6H2,1H3;1-2H3. The lowest BCUT2D eigenvalue weighted by Gasteiger charge is -1.84. The van der Waals surface area contributed by atoms with Crippen molar-refractivity contribution in [1.82, 2.24) is 0 Å². The first-order valence-electron chi connectivity index (χ1n) is 3.93. The van der Waals surface area contributed by atoms with Gasteiger partial charge in [-0.2, -0.15) is 0 Å². The van der Waals surface area contributed by atoms with Crippen LogP contribution in [0.3, 0.4) is 0 Å². The zero-order valence-electron chi connectivity index (χ0n) is 7.15. The molecule has 0 aromatic heterocycles. The van der Waals surface area contributed by atoms with Gasteiger partial charge in [0.2, 0.25) is 0 Å². The zero-order chi connectivity index (χ0) is 7.82. The van der Waals surface area contributed by atoms with Crippen LogP contribution in [0.4, 0.5) is 0 Å². The third kappa shape index (κ3) is 4.76. The van der Waals surface area contributed by atoms with Crippen molar-refractivity contribution in [1.29, 1.82) is 0 Å². The van der Waals surface area contributed by atoms with Crippen LogP contribution in [0.25, 0.3) is 0 Å². The van der Waals surface area contributed by atoms with Gasteiger partial charge in [-0.05, 0) is 19.2 Å². The van der Waals surface area contributed by atoms with Crippen LogP contribution >= 0.6 is 8.58 Å². The van der Waals surface area contributed by atoms with E-state index in [9.17, 15) is 0 Å². The van der Waals surface area contributed by atoms with E-state index < -0.39 is 0 Å². The summed E-state index contributed by atoms with van der Waals surface area (Å²) in [5.74, 6) is 0. The third-order valence-electron chi connectivity index (χ3n) is 1.21. The highest BCUT2D eigenvalue weighted by molar-refractivity contribution is 7.38. The predicted octanol–water partition coefficient (Wildman–Crippen LogP) is 3.21. The van der Waals surface area contributed by atoms with E-state index in [-0.39, 0.29) is 0 Å². The summed E-state index contributed by atoms with van der Waals surface area (Å²) in [6.07, 6.45) is 9.35. The molecule has 10 heavy (non-hydrogen) atoms. The van der Waals surface area contributed by atoms with E-state index >= 15 is 0 Å². The smallest absolute Gasteiger partial charge is 0.0164 e. The second-order valence-corrected chi connectivity index (χ2v) is 3.33. The predicted molar refractivity (Wildman–Crippen MR) is 52.3 cm³/mol. The molecule has 1 heteroatoms. The largest absolute Gasteiger partial charge is 0.114 e. The Balaban J connectivity index is 0.000000371. The average molecular weight is 156 g/mol. The van der Waals surface area contributed by atoms with Crippen molar-refractivity contribution in [3.05, 3.63) is 23.8 Å². The van der Waals surface area contributed by atoms with Crippen molar-refractivity contribution in [2.24, 2.45) is 0 Å². The first-order valence-corrected chi connectivity index (χ1v) is 5.35. The van der Waals surface area contributed by atoms with Crippen LogP contribution in [0.1, 0.15) is 20.8 Å². The monoisotopic (exact) mass is 156 g/mol. The molecular formula is C9H17P. The maximum Gasteiger partial charge on any atom is -0.0164 e. The first kappa shape index (κ1) is 9.91. The molecule has 0 aromatic carbocycles. The van der Waals surface area contributed by atoms with E-state index in [4.69, 9.17) is 0 Å². The fourth-order valence-electron chi connectivity index (χ4n) is 0.713. The molecule has 1 aliphatic rings. The van der Waals surface area contributed by atoms with Crippen LogP contribution in [0.2, 0.25) is 0 Å². The molecule has 0 aliphatic carbocycles. The number of allylic oxidation sites excluding steroid dienone is 4. The van der Waals surface area contributed by atoms with Crippen molar-refractivity contribution < 1.29 is 0 Å². The zero-order valence-corrected chi connectivity index (χ0v) is 8.15. The minimum Gasteiger partial charge on any atom is -0.114 e. The van der Waals surface area contributed by atoms with E-state index in [0.29, 0.717) is 0 Å². The number of rotatable bonds is 0. The van der Waals surface area contributed by atoms with Gasteiger partial charge in [-0.1, -0.05) is 37.6 Å². The van der Waals surface area contributed by atoms with Gasteiger partial charge in [-0.25, -0.2) is 0 Å². The lowest BCUT2D eigenvalue weighted by molar-refractivity contribution is 1.49. The van der Waals surface area contributed by atoms with Crippen molar-refractivity contribution >= 4 is 8.58 Å². The highest BCUT2D eigenvalue weighted by Crippen LogP contribution is 2.14. The van der Waals surface area contributed by atoms with Crippen LogP contribution < -0.4 is 0 Å². The van der Waals surface area contributed by atoms with E-state index in [1.165, 1.54) is 17.9 Å². The maximum atomic E-state index is 2.31. The Labute approximate surface area is 66.2 Å². The Kier molecular flexibility index (Phi) is 6.96. The molecule has 0 saturated heterocycles. The molecule has 1 rings (SSSR count). The van der Waals surface area contributed by atoms with Crippen LogP contribution in [0, 0.1) is 0 Å². The van der Waals surface area contributed by atoms with Crippen molar-refractivity contribution in [2.45, 2.75) is 20.8 Å². The van der Waals surface area contributed by atoms with Gasteiger partial charge in [0.1, 0.15) is 0 Å². The average Bonchev–Trinajstić information content (AvgIpc) is 2.21. The fourth-order valence-corrected chi connectivity index (χ4v) is 1.63. The lowest BCUT2D eigenvalue weighted by atomic mass is 10.3. The molecule has 0 spiro atoms. The molecule has 0 fully saturated rings. The molecule has 0 nitrogen and oxygen atoms in total. The molecule has 1 heterocycles. The Hall–Kier alpha value is -0.0900. The molecular weight excluding hydrogens is 139 g/mol. The van der Waals surface area contributed by atoms with Crippen LogP contribution in [-0.2, 0) is 0 Å². The molecule has 0 N–H and O–H groups in total. The molecule has 1 atom stereocenters. The molecule has 1 unspecified atom stereocenters. The minimum absolute atomic E-state index is 1.12. The van der Waals surface area contributed by atoms with Crippen molar-refractivity contribution in [3.8, 4) is 0 Å². The van der Waals surface area contributed by atoms with E-state index in [0.717, 1.165) is 8.58 Å². The van der Waals surface area contributed by atoms with E-state index in [2.05, 4.69) is 25.2 Å².